The number of carbonyl (C=O) groups is 2. The SMILES string of the molecule is CC(C)C(=O)Nc1nnc(CCCCCCCCc2nnc(NC(=O)C(C)C)s2)s1. The van der Waals surface area contributed by atoms with Crippen LogP contribution in [0, 0.1) is 11.8 Å². The minimum absolute atomic E-state index is 0.0252. The lowest BCUT2D eigenvalue weighted by atomic mass is 10.1. The smallest absolute Gasteiger partial charge is 0.228 e. The molecule has 0 unspecified atom stereocenters. The maximum atomic E-state index is 11.7. The van der Waals surface area contributed by atoms with Gasteiger partial charge in [-0.05, 0) is 12.8 Å². The van der Waals surface area contributed by atoms with E-state index in [1.54, 1.807) is 0 Å². The highest BCUT2D eigenvalue weighted by atomic mass is 32.1. The van der Waals surface area contributed by atoms with E-state index >= 15 is 0 Å². The third kappa shape index (κ3) is 8.83. The van der Waals surface area contributed by atoms with Crippen molar-refractivity contribution >= 4 is 44.8 Å². The molecule has 166 valence electrons. The van der Waals surface area contributed by atoms with Crippen molar-refractivity contribution in [1.82, 2.24) is 20.4 Å². The Morgan fingerprint density at radius 2 is 1.03 bits per heavy atom. The second-order valence-electron chi connectivity index (χ2n) is 7.91. The van der Waals surface area contributed by atoms with Crippen molar-refractivity contribution in [2.45, 2.75) is 79.1 Å². The van der Waals surface area contributed by atoms with Crippen molar-refractivity contribution in [2.24, 2.45) is 11.8 Å². The predicted molar refractivity (Wildman–Crippen MR) is 122 cm³/mol. The van der Waals surface area contributed by atoms with Gasteiger partial charge in [0.2, 0.25) is 22.1 Å². The lowest BCUT2D eigenvalue weighted by Gasteiger charge is -2.02. The number of carbonyl (C=O) groups excluding carboxylic acids is 2. The van der Waals surface area contributed by atoms with Gasteiger partial charge in [0, 0.05) is 24.7 Å². The van der Waals surface area contributed by atoms with Crippen molar-refractivity contribution < 1.29 is 9.59 Å². The van der Waals surface area contributed by atoms with Crippen molar-refractivity contribution in [1.29, 1.82) is 0 Å². The van der Waals surface area contributed by atoms with E-state index in [1.807, 2.05) is 27.7 Å². The fourth-order valence-electron chi connectivity index (χ4n) is 2.57. The summed E-state index contributed by atoms with van der Waals surface area (Å²) in [5.74, 6) is -0.167. The van der Waals surface area contributed by atoms with Crippen molar-refractivity contribution in [2.75, 3.05) is 10.6 Å². The molecule has 2 amide bonds. The van der Waals surface area contributed by atoms with Gasteiger partial charge >= 0.3 is 0 Å². The molecule has 2 aromatic rings. The number of aryl methyl sites for hydroxylation is 2. The zero-order chi connectivity index (χ0) is 21.9. The molecular formula is C20H32N6O2S2. The first kappa shape index (κ1) is 24.3. The third-order valence-corrected chi connectivity index (χ3v) is 6.27. The lowest BCUT2D eigenvalue weighted by molar-refractivity contribution is -0.119. The molecule has 8 nitrogen and oxygen atoms in total. The van der Waals surface area contributed by atoms with Crippen molar-refractivity contribution in [3.05, 3.63) is 10.0 Å². The Bertz CT molecular complexity index is 737. The van der Waals surface area contributed by atoms with E-state index in [2.05, 4.69) is 31.0 Å². The Morgan fingerprint density at radius 1 is 0.667 bits per heavy atom. The quantitative estimate of drug-likeness (QED) is 0.426. The molecule has 2 aromatic heterocycles. The second-order valence-corrected chi connectivity index (χ2v) is 10.0. The average molecular weight is 453 g/mol. The first-order valence-corrected chi connectivity index (χ1v) is 12.2. The Kier molecular flexibility index (Phi) is 10.3. The number of aromatic nitrogens is 4. The zero-order valence-corrected chi connectivity index (χ0v) is 19.9. The number of rotatable bonds is 13. The van der Waals surface area contributed by atoms with Crippen LogP contribution >= 0.6 is 22.7 Å². The molecular weight excluding hydrogens is 420 g/mol. The van der Waals surface area contributed by atoms with Crippen LogP contribution in [0.5, 0.6) is 0 Å². The highest BCUT2D eigenvalue weighted by Gasteiger charge is 2.12. The Labute approximate surface area is 186 Å². The fraction of sp³-hybridized carbons (Fsp3) is 0.700. The van der Waals surface area contributed by atoms with Crippen LogP contribution in [-0.2, 0) is 22.4 Å². The highest BCUT2D eigenvalue weighted by molar-refractivity contribution is 7.15. The van der Waals surface area contributed by atoms with Gasteiger partial charge in [-0.25, -0.2) is 0 Å². The standard InChI is InChI=1S/C20H32N6O2S2/c1-13(2)17(27)21-19-25-23-15(29-19)11-9-7-5-6-8-10-12-16-24-26-20(30-16)22-18(28)14(3)4/h13-14H,5-12H2,1-4H3,(H,21,25,27)(H,22,26,28). The summed E-state index contributed by atoms with van der Waals surface area (Å²) < 4.78 is 0. The summed E-state index contributed by atoms with van der Waals surface area (Å²) in [6.45, 7) is 7.43. The molecule has 0 aliphatic rings. The molecule has 0 aliphatic carbocycles. The normalized spacial score (nSPS) is 11.3. The van der Waals surface area contributed by atoms with Gasteiger partial charge < -0.3 is 10.6 Å². The molecule has 0 saturated heterocycles. The number of hydrogen-bond donors (Lipinski definition) is 2. The molecule has 2 N–H and O–H groups in total. The molecule has 0 radical (unpaired) electrons. The summed E-state index contributed by atoms with van der Waals surface area (Å²) in [4.78, 5) is 23.3. The molecule has 30 heavy (non-hydrogen) atoms. The van der Waals surface area contributed by atoms with Crippen LogP contribution in [0.15, 0.2) is 0 Å². The van der Waals surface area contributed by atoms with E-state index in [9.17, 15) is 9.59 Å². The molecule has 2 heterocycles. The van der Waals surface area contributed by atoms with E-state index in [0.29, 0.717) is 10.3 Å². The largest absolute Gasteiger partial charge is 0.300 e. The van der Waals surface area contributed by atoms with Crippen molar-refractivity contribution in [3.8, 4) is 0 Å². The number of anilines is 2. The van der Waals surface area contributed by atoms with Crippen LogP contribution in [0.2, 0.25) is 0 Å². The molecule has 0 atom stereocenters. The van der Waals surface area contributed by atoms with Crippen LogP contribution in [0.3, 0.4) is 0 Å². The Hall–Kier alpha value is -1.94. The maximum absolute atomic E-state index is 11.7. The summed E-state index contributed by atoms with van der Waals surface area (Å²) in [5, 5.41) is 25.1. The Morgan fingerprint density at radius 3 is 1.40 bits per heavy atom. The van der Waals surface area contributed by atoms with Crippen LogP contribution in [-0.4, -0.2) is 32.2 Å². The summed E-state index contributed by atoms with van der Waals surface area (Å²) >= 11 is 2.93. The second kappa shape index (κ2) is 12.7. The third-order valence-electron chi connectivity index (χ3n) is 4.47. The molecule has 0 spiro atoms. The van der Waals surface area contributed by atoms with Crippen LogP contribution < -0.4 is 10.6 Å². The first-order valence-electron chi connectivity index (χ1n) is 10.6. The van der Waals surface area contributed by atoms with E-state index in [0.717, 1.165) is 48.5 Å². The van der Waals surface area contributed by atoms with Gasteiger partial charge in [0.15, 0.2) is 0 Å². The van der Waals surface area contributed by atoms with E-state index in [-0.39, 0.29) is 23.7 Å². The number of unbranched alkanes of at least 4 members (excludes halogenated alkanes) is 5. The van der Waals surface area contributed by atoms with E-state index in [4.69, 9.17) is 0 Å². The molecule has 0 bridgehead atoms. The molecule has 0 saturated carbocycles. The monoisotopic (exact) mass is 452 g/mol. The first-order chi connectivity index (χ1) is 14.3. The van der Waals surface area contributed by atoms with E-state index in [1.165, 1.54) is 35.5 Å². The van der Waals surface area contributed by atoms with Gasteiger partial charge in [-0.15, -0.1) is 20.4 Å². The minimum atomic E-state index is -0.0583. The fourth-order valence-corrected chi connectivity index (χ4v) is 4.14. The van der Waals surface area contributed by atoms with Gasteiger partial charge in [0.05, 0.1) is 0 Å². The van der Waals surface area contributed by atoms with Gasteiger partial charge in [0.1, 0.15) is 10.0 Å². The number of nitrogens with zero attached hydrogens (tertiary/aromatic N) is 4. The number of hydrogen-bond acceptors (Lipinski definition) is 8. The predicted octanol–water partition coefficient (Wildman–Crippen LogP) is 4.70. The zero-order valence-electron chi connectivity index (χ0n) is 18.2. The topological polar surface area (TPSA) is 110 Å². The summed E-state index contributed by atoms with van der Waals surface area (Å²) in [7, 11) is 0. The minimum Gasteiger partial charge on any atom is -0.300 e. The summed E-state index contributed by atoms with van der Waals surface area (Å²) in [6.07, 6.45) is 8.71. The van der Waals surface area contributed by atoms with Gasteiger partial charge in [-0.3, -0.25) is 9.59 Å². The van der Waals surface area contributed by atoms with Crippen LogP contribution in [0.4, 0.5) is 10.3 Å². The van der Waals surface area contributed by atoms with Crippen LogP contribution in [0.25, 0.3) is 0 Å². The maximum Gasteiger partial charge on any atom is 0.228 e. The van der Waals surface area contributed by atoms with E-state index < -0.39 is 0 Å². The lowest BCUT2D eigenvalue weighted by Crippen LogP contribution is -2.17. The molecule has 0 fully saturated rings. The van der Waals surface area contributed by atoms with Gasteiger partial charge in [0.25, 0.3) is 0 Å². The summed E-state index contributed by atoms with van der Waals surface area (Å²) in [5.41, 5.74) is 0. The van der Waals surface area contributed by atoms with Crippen LogP contribution in [0.1, 0.15) is 76.2 Å². The molecule has 2 rings (SSSR count). The van der Waals surface area contributed by atoms with Crippen molar-refractivity contribution in [3.63, 3.8) is 0 Å². The number of amides is 2. The average Bonchev–Trinajstić information content (AvgIpc) is 3.33. The van der Waals surface area contributed by atoms with Gasteiger partial charge in [-0.2, -0.15) is 0 Å². The summed E-state index contributed by atoms with van der Waals surface area (Å²) in [6, 6.07) is 0. The highest BCUT2D eigenvalue weighted by Crippen LogP contribution is 2.20. The molecule has 0 aromatic carbocycles. The Balaban J connectivity index is 1.52. The molecule has 0 aliphatic heterocycles. The molecule has 10 heteroatoms. The number of nitrogens with one attached hydrogen (secondary N) is 2. The van der Waals surface area contributed by atoms with Gasteiger partial charge in [-0.1, -0.05) is 76.1 Å².